The van der Waals surface area contributed by atoms with E-state index in [0.717, 1.165) is 36.1 Å². The molecule has 3 amide bonds. The van der Waals surface area contributed by atoms with Crippen LogP contribution in [0.25, 0.3) is 11.3 Å². The maximum absolute atomic E-state index is 12.6. The monoisotopic (exact) mass is 492 g/mol. The van der Waals surface area contributed by atoms with Crippen molar-refractivity contribution in [2.24, 2.45) is 5.41 Å². The lowest BCUT2D eigenvalue weighted by Gasteiger charge is -2.13. The van der Waals surface area contributed by atoms with Gasteiger partial charge in [-0.05, 0) is 55.2 Å². The Labute approximate surface area is 208 Å². The molecule has 1 aliphatic heterocycles. The van der Waals surface area contributed by atoms with Crippen LogP contribution in [0.5, 0.6) is 5.75 Å². The van der Waals surface area contributed by atoms with Crippen LogP contribution in [0.4, 0.5) is 21.0 Å². The van der Waals surface area contributed by atoms with Gasteiger partial charge in [0.25, 0.3) is 0 Å². The van der Waals surface area contributed by atoms with Crippen molar-refractivity contribution in [2.75, 3.05) is 31.0 Å². The molecule has 0 radical (unpaired) electrons. The number of anilines is 2. The number of nitrogens with one attached hydrogen (secondary N) is 3. The van der Waals surface area contributed by atoms with E-state index in [9.17, 15) is 9.59 Å². The summed E-state index contributed by atoms with van der Waals surface area (Å²) in [6.07, 6.45) is 4.23. The van der Waals surface area contributed by atoms with E-state index in [0.29, 0.717) is 36.0 Å². The standard InChI is InChI=1S/C26H28N4O6/c1-16-3-4-18(9-17(16)12-28-25(32)36-23-11-26(23)7-8-34-14-26)29-24(31)30-19-5-6-20(21(10-19)33-2)22-13-27-15-35-22/h3-6,9-10,13,15,23H,7-8,11-12,14H2,1-2H3,(H,28,32)(H2,29,30,31)/t23?,26-/m0/s1. The molecule has 5 rings (SSSR count). The molecule has 3 aromatic rings. The number of nitrogens with zero attached hydrogens (tertiary/aromatic N) is 1. The van der Waals surface area contributed by atoms with Crippen LogP contribution in [0.15, 0.2) is 53.4 Å². The van der Waals surface area contributed by atoms with Crippen LogP contribution in [-0.4, -0.2) is 43.5 Å². The van der Waals surface area contributed by atoms with Gasteiger partial charge in [0, 0.05) is 36.0 Å². The number of benzene rings is 2. The van der Waals surface area contributed by atoms with E-state index >= 15 is 0 Å². The predicted molar refractivity (Wildman–Crippen MR) is 132 cm³/mol. The fourth-order valence-corrected chi connectivity index (χ4v) is 4.41. The second kappa shape index (κ2) is 9.90. The molecule has 1 saturated heterocycles. The predicted octanol–water partition coefficient (Wildman–Crippen LogP) is 4.71. The summed E-state index contributed by atoms with van der Waals surface area (Å²) in [6.45, 7) is 3.63. The SMILES string of the molecule is COc1cc(NC(=O)Nc2ccc(C)c(CNC(=O)OC3C[C@]34CCOC4)c2)ccc1-c1cnco1. The molecule has 3 N–H and O–H groups in total. The zero-order chi connectivity index (χ0) is 25.1. The Hall–Kier alpha value is -4.05. The number of oxazole rings is 1. The Kier molecular flexibility index (Phi) is 6.51. The summed E-state index contributed by atoms with van der Waals surface area (Å²) in [7, 11) is 1.54. The van der Waals surface area contributed by atoms with Crippen molar-refractivity contribution < 1.29 is 28.2 Å². The van der Waals surface area contributed by atoms with Crippen molar-refractivity contribution >= 4 is 23.5 Å². The van der Waals surface area contributed by atoms with Gasteiger partial charge in [0.1, 0.15) is 11.9 Å². The highest BCUT2D eigenvalue weighted by Gasteiger charge is 2.59. The van der Waals surface area contributed by atoms with Crippen LogP contribution < -0.4 is 20.7 Å². The van der Waals surface area contributed by atoms with Crippen molar-refractivity contribution in [1.29, 1.82) is 0 Å². The first-order valence-electron chi connectivity index (χ1n) is 11.7. The molecule has 1 aromatic heterocycles. The Morgan fingerprint density at radius 3 is 2.69 bits per heavy atom. The molecule has 1 unspecified atom stereocenters. The molecular formula is C26H28N4O6. The van der Waals surface area contributed by atoms with Gasteiger partial charge in [-0.15, -0.1) is 0 Å². The Bertz CT molecular complexity index is 1250. The number of amides is 3. The third kappa shape index (κ3) is 5.13. The van der Waals surface area contributed by atoms with Gasteiger partial charge in [0.15, 0.2) is 12.2 Å². The van der Waals surface area contributed by atoms with Crippen LogP contribution in [0.3, 0.4) is 0 Å². The third-order valence-corrected chi connectivity index (χ3v) is 6.69. The highest BCUT2D eigenvalue weighted by Crippen LogP contribution is 2.54. The number of ether oxygens (including phenoxy) is 3. The van der Waals surface area contributed by atoms with Crippen molar-refractivity contribution in [1.82, 2.24) is 10.3 Å². The number of hydrogen-bond acceptors (Lipinski definition) is 7. The number of urea groups is 1. The smallest absolute Gasteiger partial charge is 0.407 e. The molecule has 1 spiro atoms. The fourth-order valence-electron chi connectivity index (χ4n) is 4.41. The highest BCUT2D eigenvalue weighted by molar-refractivity contribution is 6.00. The molecule has 1 aliphatic carbocycles. The molecule has 10 heteroatoms. The van der Waals surface area contributed by atoms with E-state index in [1.54, 1.807) is 37.6 Å². The van der Waals surface area contributed by atoms with Gasteiger partial charge in [-0.25, -0.2) is 14.6 Å². The molecule has 0 bridgehead atoms. The van der Waals surface area contributed by atoms with E-state index in [4.69, 9.17) is 18.6 Å². The van der Waals surface area contributed by atoms with E-state index in [2.05, 4.69) is 20.9 Å². The van der Waals surface area contributed by atoms with Gasteiger partial charge in [0.05, 0.1) is 25.5 Å². The van der Waals surface area contributed by atoms with Crippen molar-refractivity contribution in [3.05, 3.63) is 60.1 Å². The maximum Gasteiger partial charge on any atom is 0.407 e. The Morgan fingerprint density at radius 2 is 1.97 bits per heavy atom. The zero-order valence-corrected chi connectivity index (χ0v) is 20.1. The number of rotatable bonds is 7. The minimum Gasteiger partial charge on any atom is -0.496 e. The van der Waals surface area contributed by atoms with Crippen molar-refractivity contribution in [3.8, 4) is 17.1 Å². The summed E-state index contributed by atoms with van der Waals surface area (Å²) < 4.78 is 21.7. The van der Waals surface area contributed by atoms with Gasteiger partial charge in [-0.3, -0.25) is 0 Å². The second-order valence-corrected chi connectivity index (χ2v) is 9.12. The molecule has 2 fully saturated rings. The van der Waals surface area contributed by atoms with Gasteiger partial charge < -0.3 is 34.6 Å². The minimum absolute atomic E-state index is 0.0325. The minimum atomic E-state index is -0.443. The first-order chi connectivity index (χ1) is 17.5. The van der Waals surface area contributed by atoms with Crippen molar-refractivity contribution in [2.45, 2.75) is 32.4 Å². The molecule has 2 aliphatic rings. The number of methoxy groups -OCH3 is 1. The topological polar surface area (TPSA) is 124 Å². The van der Waals surface area contributed by atoms with Crippen molar-refractivity contribution in [3.63, 3.8) is 0 Å². The number of alkyl carbamates (subject to hydrolysis) is 1. The first-order valence-corrected chi connectivity index (χ1v) is 11.7. The second-order valence-electron chi connectivity index (χ2n) is 9.12. The summed E-state index contributed by atoms with van der Waals surface area (Å²) in [6, 6.07) is 10.3. The summed E-state index contributed by atoms with van der Waals surface area (Å²) in [5.41, 5.74) is 3.76. The van der Waals surface area contributed by atoms with Gasteiger partial charge in [0.2, 0.25) is 0 Å². The summed E-state index contributed by atoms with van der Waals surface area (Å²) in [5.74, 6) is 1.11. The van der Waals surface area contributed by atoms with Crippen LogP contribution in [0.1, 0.15) is 24.0 Å². The Morgan fingerprint density at radius 1 is 1.17 bits per heavy atom. The zero-order valence-electron chi connectivity index (χ0n) is 20.1. The number of carbonyl (C=O) groups excluding carboxylic acids is 2. The van der Waals surface area contributed by atoms with Gasteiger partial charge in [-0.2, -0.15) is 0 Å². The lowest BCUT2D eigenvalue weighted by molar-refractivity contribution is 0.113. The molecule has 2 atom stereocenters. The molecule has 188 valence electrons. The lowest BCUT2D eigenvalue weighted by atomic mass is 10.1. The number of hydrogen-bond donors (Lipinski definition) is 3. The average molecular weight is 493 g/mol. The molecule has 36 heavy (non-hydrogen) atoms. The van der Waals surface area contributed by atoms with E-state index < -0.39 is 12.1 Å². The summed E-state index contributed by atoms with van der Waals surface area (Å²) in [5, 5.41) is 8.43. The lowest BCUT2D eigenvalue weighted by Crippen LogP contribution is -2.26. The van der Waals surface area contributed by atoms with Gasteiger partial charge in [-0.1, -0.05) is 6.07 Å². The maximum atomic E-state index is 12.6. The fraction of sp³-hybridized carbons (Fsp3) is 0.346. The average Bonchev–Trinajstić information content (AvgIpc) is 3.24. The van der Waals surface area contributed by atoms with E-state index in [1.165, 1.54) is 6.39 Å². The molecule has 2 aromatic carbocycles. The molecular weight excluding hydrogens is 464 g/mol. The quantitative estimate of drug-likeness (QED) is 0.436. The molecule has 10 nitrogen and oxygen atoms in total. The van der Waals surface area contributed by atoms with Crippen LogP contribution >= 0.6 is 0 Å². The Balaban J connectivity index is 1.16. The van der Waals surface area contributed by atoms with Crippen LogP contribution in [-0.2, 0) is 16.0 Å². The number of aromatic nitrogens is 1. The largest absolute Gasteiger partial charge is 0.496 e. The summed E-state index contributed by atoms with van der Waals surface area (Å²) >= 11 is 0. The number of carbonyl (C=O) groups is 2. The van der Waals surface area contributed by atoms with E-state index in [-0.39, 0.29) is 11.5 Å². The third-order valence-electron chi connectivity index (χ3n) is 6.69. The number of aryl methyl sites for hydroxylation is 1. The first kappa shape index (κ1) is 23.7. The van der Waals surface area contributed by atoms with Gasteiger partial charge >= 0.3 is 12.1 Å². The molecule has 2 heterocycles. The van der Waals surface area contributed by atoms with Crippen LogP contribution in [0, 0.1) is 12.3 Å². The highest BCUT2D eigenvalue weighted by atomic mass is 16.6. The molecule has 1 saturated carbocycles. The van der Waals surface area contributed by atoms with E-state index in [1.807, 2.05) is 19.1 Å². The van der Waals surface area contributed by atoms with Crippen LogP contribution in [0.2, 0.25) is 0 Å². The summed E-state index contributed by atoms with van der Waals surface area (Å²) in [4.78, 5) is 28.8. The normalized spacial score (nSPS) is 20.1.